The van der Waals surface area contributed by atoms with Crippen LogP contribution in [0.5, 0.6) is 0 Å². The van der Waals surface area contributed by atoms with Crippen LogP contribution in [0.2, 0.25) is 0 Å². The molecule has 1 aromatic carbocycles. The minimum atomic E-state index is -0.435. The Kier molecular flexibility index (Phi) is 8.41. The molecule has 144 valence electrons. The van der Waals surface area contributed by atoms with Gasteiger partial charge < -0.3 is 15.2 Å². The maximum Gasteiger partial charge on any atom is 0.330 e. The summed E-state index contributed by atoms with van der Waals surface area (Å²) >= 11 is 0. The van der Waals surface area contributed by atoms with Gasteiger partial charge in [0.1, 0.15) is 5.82 Å². The lowest BCUT2D eigenvalue weighted by molar-refractivity contribution is -0.134. The lowest BCUT2D eigenvalue weighted by Gasteiger charge is -2.25. The van der Waals surface area contributed by atoms with Crippen LogP contribution in [-0.4, -0.2) is 58.8 Å². The molecular weight excluding hydrogens is 344 g/mol. The molecule has 1 aromatic heterocycles. The molecule has 0 fully saturated rings. The van der Waals surface area contributed by atoms with Crippen molar-refractivity contribution in [2.75, 3.05) is 32.1 Å². The fraction of sp³-hybridized carbons (Fsp3) is 0.350. The van der Waals surface area contributed by atoms with E-state index < -0.39 is 5.97 Å². The summed E-state index contributed by atoms with van der Waals surface area (Å²) in [7, 11) is 1.32. The Morgan fingerprint density at radius 2 is 2.07 bits per heavy atom. The van der Waals surface area contributed by atoms with Crippen molar-refractivity contribution in [3.05, 3.63) is 60.1 Å². The monoisotopic (exact) mass is 370 g/mol. The first-order valence-corrected chi connectivity index (χ1v) is 8.82. The van der Waals surface area contributed by atoms with E-state index in [0.29, 0.717) is 18.1 Å². The zero-order valence-electron chi connectivity index (χ0n) is 15.7. The molecule has 27 heavy (non-hydrogen) atoms. The van der Waals surface area contributed by atoms with Crippen LogP contribution in [-0.2, 0) is 16.1 Å². The molecule has 0 spiro atoms. The number of methoxy groups -OCH3 is 1. The zero-order valence-corrected chi connectivity index (χ0v) is 15.7. The number of aromatic nitrogens is 2. The van der Waals surface area contributed by atoms with Gasteiger partial charge >= 0.3 is 5.97 Å². The molecule has 0 aliphatic rings. The fourth-order valence-corrected chi connectivity index (χ4v) is 2.62. The van der Waals surface area contributed by atoms with Crippen molar-refractivity contribution in [3.63, 3.8) is 0 Å². The summed E-state index contributed by atoms with van der Waals surface area (Å²) < 4.78 is 4.54. The van der Waals surface area contributed by atoms with Crippen molar-refractivity contribution in [2.45, 2.75) is 19.5 Å². The first kappa shape index (κ1) is 20.5. The number of esters is 1. The normalized spacial score (nSPS) is 12.3. The standard InChI is InChI=1S/C20H26N4O3/c1-16(14-24(10-11-25)15-17-6-4-3-5-7-17)23-19-13-21-18(12-22-19)8-9-20(26)27-2/h3-9,12-13,16,25H,10-11,14-15H2,1-2H3,(H,22,23)/b9-8+/t16-/m1/s1. The van der Waals surface area contributed by atoms with Crippen LogP contribution in [0, 0.1) is 0 Å². The van der Waals surface area contributed by atoms with Crippen LogP contribution in [0.25, 0.3) is 6.08 Å². The van der Waals surface area contributed by atoms with Crippen molar-refractivity contribution in [1.29, 1.82) is 0 Å². The van der Waals surface area contributed by atoms with Gasteiger partial charge in [0, 0.05) is 31.8 Å². The topological polar surface area (TPSA) is 87.6 Å². The van der Waals surface area contributed by atoms with Crippen LogP contribution < -0.4 is 5.32 Å². The van der Waals surface area contributed by atoms with E-state index in [1.807, 2.05) is 18.2 Å². The van der Waals surface area contributed by atoms with Gasteiger partial charge in [-0.2, -0.15) is 0 Å². The summed E-state index contributed by atoms with van der Waals surface area (Å²) in [6.07, 6.45) is 6.07. The molecule has 2 aromatic rings. The summed E-state index contributed by atoms with van der Waals surface area (Å²) in [5.74, 6) is 0.219. The van der Waals surface area contributed by atoms with Crippen molar-refractivity contribution in [1.82, 2.24) is 14.9 Å². The third-order valence-electron chi connectivity index (χ3n) is 3.85. The van der Waals surface area contributed by atoms with Crippen LogP contribution in [0.1, 0.15) is 18.2 Å². The highest BCUT2D eigenvalue weighted by molar-refractivity contribution is 5.86. The molecular formula is C20H26N4O3. The number of rotatable bonds is 10. The number of carbonyl (C=O) groups is 1. The molecule has 0 aliphatic carbocycles. The van der Waals surface area contributed by atoms with E-state index in [-0.39, 0.29) is 12.6 Å². The Balaban J connectivity index is 1.89. The van der Waals surface area contributed by atoms with Gasteiger partial charge in [-0.05, 0) is 18.6 Å². The molecule has 0 radical (unpaired) electrons. The van der Waals surface area contributed by atoms with Crippen molar-refractivity contribution in [3.8, 4) is 0 Å². The Morgan fingerprint density at radius 1 is 1.30 bits per heavy atom. The summed E-state index contributed by atoms with van der Waals surface area (Å²) in [5.41, 5.74) is 1.78. The molecule has 0 bridgehead atoms. The first-order chi connectivity index (χ1) is 13.1. The number of aliphatic hydroxyl groups is 1. The second-order valence-corrected chi connectivity index (χ2v) is 6.17. The van der Waals surface area contributed by atoms with Gasteiger partial charge in [-0.25, -0.2) is 9.78 Å². The van der Waals surface area contributed by atoms with Crippen molar-refractivity contribution < 1.29 is 14.6 Å². The molecule has 7 heteroatoms. The first-order valence-electron chi connectivity index (χ1n) is 8.82. The quantitative estimate of drug-likeness (QED) is 0.488. The summed E-state index contributed by atoms with van der Waals surface area (Å²) in [5, 5.41) is 12.6. The highest BCUT2D eigenvalue weighted by Gasteiger charge is 2.11. The molecule has 0 saturated carbocycles. The van der Waals surface area contributed by atoms with E-state index in [4.69, 9.17) is 0 Å². The highest BCUT2D eigenvalue weighted by atomic mass is 16.5. The number of anilines is 1. The lowest BCUT2D eigenvalue weighted by atomic mass is 10.2. The number of nitrogens with one attached hydrogen (secondary N) is 1. The second-order valence-electron chi connectivity index (χ2n) is 6.17. The smallest absolute Gasteiger partial charge is 0.330 e. The zero-order chi connectivity index (χ0) is 19.5. The van der Waals surface area contributed by atoms with E-state index in [1.165, 1.54) is 18.7 Å². The van der Waals surface area contributed by atoms with Crippen molar-refractivity contribution >= 4 is 17.9 Å². The van der Waals surface area contributed by atoms with Crippen LogP contribution in [0.15, 0.2) is 48.8 Å². The Labute approximate surface area is 159 Å². The van der Waals surface area contributed by atoms with E-state index in [2.05, 4.69) is 44.0 Å². The molecule has 0 unspecified atom stereocenters. The Morgan fingerprint density at radius 3 is 2.70 bits per heavy atom. The number of aliphatic hydroxyl groups excluding tert-OH is 1. The maximum atomic E-state index is 11.1. The maximum absolute atomic E-state index is 11.1. The molecule has 2 N–H and O–H groups in total. The molecule has 2 rings (SSSR count). The average molecular weight is 370 g/mol. The fourth-order valence-electron chi connectivity index (χ4n) is 2.62. The largest absolute Gasteiger partial charge is 0.466 e. The third-order valence-corrected chi connectivity index (χ3v) is 3.85. The summed E-state index contributed by atoms with van der Waals surface area (Å²) in [6.45, 7) is 4.30. The van der Waals surface area contributed by atoms with Gasteiger partial charge in [-0.15, -0.1) is 0 Å². The van der Waals surface area contributed by atoms with E-state index >= 15 is 0 Å². The Bertz CT molecular complexity index is 720. The number of ether oxygens (including phenoxy) is 1. The van der Waals surface area contributed by atoms with Crippen LogP contribution in [0.3, 0.4) is 0 Å². The third kappa shape index (κ3) is 7.55. The van der Waals surface area contributed by atoms with Crippen LogP contribution >= 0.6 is 0 Å². The van der Waals surface area contributed by atoms with E-state index in [1.54, 1.807) is 18.5 Å². The van der Waals surface area contributed by atoms with E-state index in [9.17, 15) is 9.90 Å². The molecule has 0 amide bonds. The minimum absolute atomic E-state index is 0.112. The predicted octanol–water partition coefficient (Wildman–Crippen LogP) is 1.96. The molecule has 0 saturated heterocycles. The SMILES string of the molecule is COC(=O)/C=C/c1cnc(N[C@H](C)CN(CCO)Cc2ccccc2)cn1. The number of hydrogen-bond acceptors (Lipinski definition) is 7. The Hall–Kier alpha value is -2.77. The minimum Gasteiger partial charge on any atom is -0.466 e. The van der Waals surface area contributed by atoms with Gasteiger partial charge in [-0.1, -0.05) is 30.3 Å². The van der Waals surface area contributed by atoms with Gasteiger partial charge in [0.2, 0.25) is 0 Å². The van der Waals surface area contributed by atoms with Gasteiger partial charge in [0.15, 0.2) is 0 Å². The van der Waals surface area contributed by atoms with Gasteiger partial charge in [0.05, 0.1) is 31.8 Å². The van der Waals surface area contributed by atoms with Crippen LogP contribution in [0.4, 0.5) is 5.82 Å². The summed E-state index contributed by atoms with van der Waals surface area (Å²) in [6, 6.07) is 10.3. The predicted molar refractivity (Wildman–Crippen MR) is 105 cm³/mol. The number of hydrogen-bond donors (Lipinski definition) is 2. The van der Waals surface area contributed by atoms with E-state index in [0.717, 1.165) is 13.1 Å². The lowest BCUT2D eigenvalue weighted by Crippen LogP contribution is -2.36. The van der Waals surface area contributed by atoms with Gasteiger partial charge in [-0.3, -0.25) is 9.88 Å². The number of carbonyl (C=O) groups excluding carboxylic acids is 1. The summed E-state index contributed by atoms with van der Waals surface area (Å²) in [4.78, 5) is 21.8. The molecule has 1 heterocycles. The number of nitrogens with zero attached hydrogens (tertiary/aromatic N) is 3. The molecule has 7 nitrogen and oxygen atoms in total. The number of benzene rings is 1. The average Bonchev–Trinajstić information content (AvgIpc) is 2.68. The van der Waals surface area contributed by atoms with Crippen molar-refractivity contribution in [2.24, 2.45) is 0 Å². The van der Waals surface area contributed by atoms with Gasteiger partial charge in [0.25, 0.3) is 0 Å². The molecule has 0 aliphatic heterocycles. The highest BCUT2D eigenvalue weighted by Crippen LogP contribution is 2.08. The molecule has 1 atom stereocenters. The second kappa shape index (κ2) is 11.1.